The zero-order valence-electron chi connectivity index (χ0n) is 11.1. The Morgan fingerprint density at radius 1 is 1.05 bits per heavy atom. The van der Waals surface area contributed by atoms with Crippen molar-refractivity contribution in [3.8, 4) is 0 Å². The average Bonchev–Trinajstić information content (AvgIpc) is 2.86. The van der Waals surface area contributed by atoms with Crippen LogP contribution < -0.4 is 0 Å². The third-order valence-electron chi connectivity index (χ3n) is 3.29. The van der Waals surface area contributed by atoms with Crippen LogP contribution in [0.5, 0.6) is 0 Å². The Morgan fingerprint density at radius 3 is 2.32 bits per heavy atom. The van der Waals surface area contributed by atoms with Gasteiger partial charge in [-0.25, -0.2) is 17.2 Å². The van der Waals surface area contributed by atoms with Crippen LogP contribution in [0.3, 0.4) is 0 Å². The molecule has 0 radical (unpaired) electrons. The lowest BCUT2D eigenvalue weighted by atomic mass is 10.2. The van der Waals surface area contributed by atoms with Gasteiger partial charge in [-0.1, -0.05) is 18.2 Å². The van der Waals surface area contributed by atoms with Gasteiger partial charge in [0.05, 0.1) is 16.0 Å². The minimum Gasteiger partial charge on any atom is -0.478 e. The summed E-state index contributed by atoms with van der Waals surface area (Å²) in [6, 6.07) is 12.4. The van der Waals surface area contributed by atoms with Gasteiger partial charge < -0.3 is 5.11 Å². The molecule has 112 valence electrons. The Morgan fingerprint density at radius 2 is 1.68 bits per heavy atom. The van der Waals surface area contributed by atoms with E-state index in [4.69, 9.17) is 5.11 Å². The van der Waals surface area contributed by atoms with Crippen molar-refractivity contribution in [1.82, 2.24) is 3.97 Å². The van der Waals surface area contributed by atoms with E-state index in [9.17, 15) is 13.2 Å². The first-order valence-corrected chi connectivity index (χ1v) is 8.77. The van der Waals surface area contributed by atoms with E-state index in [0.717, 1.165) is 8.96 Å². The molecule has 0 fully saturated rings. The molecular weight excluding hydrogens is 417 g/mol. The predicted octanol–water partition coefficient (Wildman–Crippen LogP) is 3.18. The van der Waals surface area contributed by atoms with Gasteiger partial charge >= 0.3 is 5.97 Å². The summed E-state index contributed by atoms with van der Waals surface area (Å²) in [6.45, 7) is 0. The predicted molar refractivity (Wildman–Crippen MR) is 90.6 cm³/mol. The van der Waals surface area contributed by atoms with Crippen LogP contribution in [0.25, 0.3) is 10.9 Å². The summed E-state index contributed by atoms with van der Waals surface area (Å²) in [6.07, 6.45) is 1.56. The normalized spacial score (nSPS) is 11.7. The number of halogens is 1. The minimum absolute atomic E-state index is 0.0471. The number of carboxylic acids is 1. The Bertz CT molecular complexity index is 974. The fourth-order valence-electron chi connectivity index (χ4n) is 2.19. The largest absolute Gasteiger partial charge is 0.478 e. The fraction of sp³-hybridized carbons (Fsp3) is 0. The summed E-state index contributed by atoms with van der Waals surface area (Å²) in [4.78, 5) is 10.9. The summed E-state index contributed by atoms with van der Waals surface area (Å²) >= 11 is 2.09. The van der Waals surface area contributed by atoms with Crippen LogP contribution in [0.15, 0.2) is 59.6 Å². The highest BCUT2D eigenvalue weighted by Gasteiger charge is 2.20. The van der Waals surface area contributed by atoms with Crippen LogP contribution in [0.2, 0.25) is 0 Å². The van der Waals surface area contributed by atoms with Gasteiger partial charge in [0.15, 0.2) is 0 Å². The molecule has 0 unspecified atom stereocenters. The number of hydrogen-bond donors (Lipinski definition) is 1. The molecule has 0 spiro atoms. The van der Waals surface area contributed by atoms with E-state index in [1.807, 2.05) is 12.1 Å². The van der Waals surface area contributed by atoms with Crippen LogP contribution in [0.1, 0.15) is 10.4 Å². The van der Waals surface area contributed by atoms with Gasteiger partial charge in [-0.15, -0.1) is 0 Å². The highest BCUT2D eigenvalue weighted by atomic mass is 127. The monoisotopic (exact) mass is 427 g/mol. The zero-order chi connectivity index (χ0) is 15.9. The molecule has 0 saturated heterocycles. The third kappa shape index (κ3) is 2.40. The molecule has 22 heavy (non-hydrogen) atoms. The number of aromatic nitrogens is 1. The second-order valence-electron chi connectivity index (χ2n) is 4.62. The van der Waals surface area contributed by atoms with E-state index in [1.165, 1.54) is 28.2 Å². The van der Waals surface area contributed by atoms with Crippen molar-refractivity contribution in [2.75, 3.05) is 0 Å². The number of benzene rings is 2. The lowest BCUT2D eigenvalue weighted by Gasteiger charge is -2.07. The minimum atomic E-state index is -3.77. The first-order valence-electron chi connectivity index (χ1n) is 6.26. The Balaban J connectivity index is 2.18. The van der Waals surface area contributed by atoms with Crippen molar-refractivity contribution in [2.45, 2.75) is 4.90 Å². The Kier molecular flexibility index (Phi) is 3.69. The summed E-state index contributed by atoms with van der Waals surface area (Å²) in [5.41, 5.74) is 0.639. The summed E-state index contributed by atoms with van der Waals surface area (Å²) in [5, 5.41) is 9.74. The van der Waals surface area contributed by atoms with Gasteiger partial charge in [0.2, 0.25) is 0 Å². The standard InChI is InChI=1S/C15H10INO4S/c16-13-9-17(14-4-2-1-3-12(13)14)22(20,21)11-7-5-10(6-8-11)15(18)19/h1-9H,(H,18,19). The third-order valence-corrected chi connectivity index (χ3v) is 5.83. The zero-order valence-corrected chi connectivity index (χ0v) is 14.1. The number of nitrogens with zero attached hydrogens (tertiary/aromatic N) is 1. The first-order chi connectivity index (χ1) is 10.4. The molecule has 5 nitrogen and oxygen atoms in total. The molecule has 0 bridgehead atoms. The second-order valence-corrected chi connectivity index (χ2v) is 7.60. The number of para-hydroxylation sites is 1. The Labute approximate surface area is 140 Å². The molecule has 0 amide bonds. The van der Waals surface area contributed by atoms with Gasteiger partial charge in [-0.2, -0.15) is 0 Å². The SMILES string of the molecule is O=C(O)c1ccc(S(=O)(=O)n2cc(I)c3ccccc32)cc1. The van der Waals surface area contributed by atoms with E-state index in [-0.39, 0.29) is 10.5 Å². The maximum atomic E-state index is 12.8. The molecule has 0 aliphatic carbocycles. The molecule has 3 rings (SSSR count). The number of rotatable bonds is 3. The lowest BCUT2D eigenvalue weighted by Crippen LogP contribution is -2.12. The molecule has 1 N–H and O–H groups in total. The molecule has 3 aromatic rings. The molecule has 1 aromatic heterocycles. The molecule has 0 atom stereocenters. The van der Waals surface area contributed by atoms with Gasteiger partial charge in [0, 0.05) is 15.2 Å². The summed E-state index contributed by atoms with van der Waals surface area (Å²) in [7, 11) is -3.77. The molecule has 1 heterocycles. The molecule has 0 aliphatic heterocycles. The van der Waals surface area contributed by atoms with E-state index < -0.39 is 16.0 Å². The van der Waals surface area contributed by atoms with Crippen molar-refractivity contribution in [3.05, 3.63) is 63.9 Å². The number of aromatic carboxylic acids is 1. The highest BCUT2D eigenvalue weighted by molar-refractivity contribution is 14.1. The number of carbonyl (C=O) groups is 1. The smallest absolute Gasteiger partial charge is 0.335 e. The fourth-order valence-corrected chi connectivity index (χ4v) is 4.48. The van der Waals surface area contributed by atoms with Crippen LogP contribution in [0.4, 0.5) is 0 Å². The van der Waals surface area contributed by atoms with Gasteiger partial charge in [-0.05, 0) is 52.9 Å². The molecule has 0 aliphatic rings. The summed E-state index contributed by atoms with van der Waals surface area (Å²) in [5.74, 6) is -1.09. The van der Waals surface area contributed by atoms with E-state index in [0.29, 0.717) is 5.52 Å². The van der Waals surface area contributed by atoms with Crippen LogP contribution in [0, 0.1) is 3.57 Å². The topological polar surface area (TPSA) is 76.4 Å². The Hall–Kier alpha value is -1.87. The van der Waals surface area contributed by atoms with Crippen molar-refractivity contribution in [3.63, 3.8) is 0 Å². The molecular formula is C15H10INO4S. The summed E-state index contributed by atoms with van der Waals surface area (Å²) < 4.78 is 27.6. The van der Waals surface area contributed by atoms with Crippen molar-refractivity contribution < 1.29 is 18.3 Å². The van der Waals surface area contributed by atoms with Crippen molar-refractivity contribution in [1.29, 1.82) is 0 Å². The first kappa shape index (κ1) is 15.0. The molecule has 7 heteroatoms. The lowest BCUT2D eigenvalue weighted by molar-refractivity contribution is 0.0696. The van der Waals surface area contributed by atoms with Gasteiger partial charge in [0.25, 0.3) is 10.0 Å². The number of carboxylic acid groups (broad SMARTS) is 1. The maximum absolute atomic E-state index is 12.8. The molecule has 0 saturated carbocycles. The quantitative estimate of drug-likeness (QED) is 0.652. The van der Waals surface area contributed by atoms with Gasteiger partial charge in [-0.3, -0.25) is 0 Å². The van der Waals surface area contributed by atoms with Crippen LogP contribution in [-0.4, -0.2) is 23.5 Å². The highest BCUT2D eigenvalue weighted by Crippen LogP contribution is 2.26. The number of hydrogen-bond acceptors (Lipinski definition) is 3. The second kappa shape index (κ2) is 5.40. The van der Waals surface area contributed by atoms with E-state index in [1.54, 1.807) is 18.3 Å². The number of fused-ring (bicyclic) bond motifs is 1. The van der Waals surface area contributed by atoms with Gasteiger partial charge in [0.1, 0.15) is 0 Å². The van der Waals surface area contributed by atoms with Crippen LogP contribution in [-0.2, 0) is 10.0 Å². The van der Waals surface area contributed by atoms with Crippen molar-refractivity contribution >= 4 is 49.5 Å². The molecule has 2 aromatic carbocycles. The van der Waals surface area contributed by atoms with Crippen molar-refractivity contribution in [2.24, 2.45) is 0 Å². The average molecular weight is 427 g/mol. The van der Waals surface area contributed by atoms with E-state index in [2.05, 4.69) is 22.6 Å². The van der Waals surface area contributed by atoms with E-state index >= 15 is 0 Å². The van der Waals surface area contributed by atoms with Crippen LogP contribution >= 0.6 is 22.6 Å². The maximum Gasteiger partial charge on any atom is 0.335 e.